The summed E-state index contributed by atoms with van der Waals surface area (Å²) in [5.74, 6) is -0.529. The number of methoxy groups -OCH3 is 2. The van der Waals surface area contributed by atoms with Crippen molar-refractivity contribution in [3.05, 3.63) is 29.6 Å². The van der Waals surface area contributed by atoms with Crippen LogP contribution in [-0.4, -0.2) is 20.6 Å². The predicted molar refractivity (Wildman–Crippen MR) is 52.8 cm³/mol. The molecule has 0 saturated carbocycles. The number of anilines is 1. The van der Waals surface area contributed by atoms with Gasteiger partial charge in [0.15, 0.2) is 6.29 Å². The number of nitrogens with one attached hydrogen (secondary N) is 1. The SMILES string of the molecule is COC(OC)c1ccc(NC=O)c(F)c1. The fraction of sp³-hybridized carbons (Fsp3) is 0.300. The number of hydrogen-bond acceptors (Lipinski definition) is 3. The maximum atomic E-state index is 13.3. The zero-order valence-electron chi connectivity index (χ0n) is 8.49. The molecule has 0 spiro atoms. The normalized spacial score (nSPS) is 10.4. The minimum absolute atomic E-state index is 0.125. The van der Waals surface area contributed by atoms with Crippen LogP contribution in [0.1, 0.15) is 11.9 Å². The first-order chi connectivity index (χ1) is 7.22. The Kier molecular flexibility index (Phi) is 4.20. The second kappa shape index (κ2) is 5.43. The number of rotatable bonds is 5. The minimum Gasteiger partial charge on any atom is -0.352 e. The molecule has 0 aliphatic carbocycles. The van der Waals surface area contributed by atoms with Crippen LogP contribution in [0.5, 0.6) is 0 Å². The Balaban J connectivity index is 2.94. The molecule has 1 N–H and O–H groups in total. The Labute approximate surface area is 87.0 Å². The van der Waals surface area contributed by atoms with Crippen LogP contribution < -0.4 is 5.32 Å². The first kappa shape index (κ1) is 11.6. The molecule has 0 fully saturated rings. The number of hydrogen-bond donors (Lipinski definition) is 1. The zero-order valence-corrected chi connectivity index (χ0v) is 8.49. The van der Waals surface area contributed by atoms with E-state index in [-0.39, 0.29) is 5.69 Å². The topological polar surface area (TPSA) is 47.6 Å². The number of carbonyl (C=O) groups excluding carboxylic acids is 1. The first-order valence-corrected chi connectivity index (χ1v) is 4.28. The largest absolute Gasteiger partial charge is 0.352 e. The fourth-order valence-electron chi connectivity index (χ4n) is 1.23. The molecule has 0 radical (unpaired) electrons. The van der Waals surface area contributed by atoms with E-state index in [1.807, 2.05) is 0 Å². The van der Waals surface area contributed by atoms with Gasteiger partial charge in [0.25, 0.3) is 0 Å². The molecule has 0 aromatic heterocycles. The smallest absolute Gasteiger partial charge is 0.211 e. The maximum absolute atomic E-state index is 13.3. The average Bonchev–Trinajstić information content (AvgIpc) is 2.24. The van der Waals surface area contributed by atoms with Crippen molar-refractivity contribution in [3.63, 3.8) is 0 Å². The van der Waals surface area contributed by atoms with Gasteiger partial charge in [0.05, 0.1) is 5.69 Å². The van der Waals surface area contributed by atoms with Crippen molar-refractivity contribution in [1.82, 2.24) is 0 Å². The van der Waals surface area contributed by atoms with Crippen LogP contribution in [0, 0.1) is 5.82 Å². The van der Waals surface area contributed by atoms with Crippen molar-refractivity contribution in [1.29, 1.82) is 0 Å². The summed E-state index contributed by atoms with van der Waals surface area (Å²) in [6, 6.07) is 4.32. The van der Waals surface area contributed by atoms with E-state index in [1.165, 1.54) is 26.4 Å². The highest BCUT2D eigenvalue weighted by atomic mass is 19.1. The fourth-order valence-corrected chi connectivity index (χ4v) is 1.23. The Morgan fingerprint density at radius 2 is 2.07 bits per heavy atom. The van der Waals surface area contributed by atoms with E-state index in [0.717, 1.165) is 0 Å². The molecule has 1 aromatic carbocycles. The van der Waals surface area contributed by atoms with E-state index in [2.05, 4.69) is 5.32 Å². The summed E-state index contributed by atoms with van der Waals surface area (Å²) in [6.45, 7) is 0. The summed E-state index contributed by atoms with van der Waals surface area (Å²) in [4.78, 5) is 10.1. The van der Waals surface area contributed by atoms with Gasteiger partial charge in [-0.3, -0.25) is 4.79 Å². The van der Waals surface area contributed by atoms with E-state index >= 15 is 0 Å². The molecular formula is C10H12FNO3. The number of benzene rings is 1. The van der Waals surface area contributed by atoms with Gasteiger partial charge in [0.2, 0.25) is 6.41 Å². The molecule has 82 valence electrons. The zero-order chi connectivity index (χ0) is 11.3. The molecule has 1 rings (SSSR count). The van der Waals surface area contributed by atoms with E-state index in [4.69, 9.17) is 9.47 Å². The van der Waals surface area contributed by atoms with Gasteiger partial charge in [-0.1, -0.05) is 6.07 Å². The second-order valence-corrected chi connectivity index (χ2v) is 2.80. The molecule has 0 atom stereocenters. The van der Waals surface area contributed by atoms with E-state index in [1.54, 1.807) is 6.07 Å². The lowest BCUT2D eigenvalue weighted by Crippen LogP contribution is -2.05. The second-order valence-electron chi connectivity index (χ2n) is 2.80. The Morgan fingerprint density at radius 3 is 2.53 bits per heavy atom. The van der Waals surface area contributed by atoms with Crippen LogP contribution in [0.4, 0.5) is 10.1 Å². The molecule has 0 bridgehead atoms. The van der Waals surface area contributed by atoms with Gasteiger partial charge in [-0.2, -0.15) is 0 Å². The lowest BCUT2D eigenvalue weighted by Gasteiger charge is -2.14. The molecule has 0 aliphatic heterocycles. The highest BCUT2D eigenvalue weighted by Gasteiger charge is 2.11. The van der Waals surface area contributed by atoms with Crippen LogP contribution in [0.3, 0.4) is 0 Å². The van der Waals surface area contributed by atoms with Crippen LogP contribution >= 0.6 is 0 Å². The van der Waals surface area contributed by atoms with Crippen molar-refractivity contribution in [3.8, 4) is 0 Å². The van der Waals surface area contributed by atoms with Crippen LogP contribution in [0.2, 0.25) is 0 Å². The summed E-state index contributed by atoms with van der Waals surface area (Å²) < 4.78 is 23.3. The van der Waals surface area contributed by atoms with Gasteiger partial charge < -0.3 is 14.8 Å². The summed E-state index contributed by atoms with van der Waals surface area (Å²) in [7, 11) is 2.92. The van der Waals surface area contributed by atoms with E-state index in [0.29, 0.717) is 12.0 Å². The Bertz CT molecular complexity index is 339. The monoisotopic (exact) mass is 213 g/mol. The van der Waals surface area contributed by atoms with Gasteiger partial charge in [-0.05, 0) is 12.1 Å². The molecule has 0 heterocycles. The summed E-state index contributed by atoms with van der Waals surface area (Å²) in [6.07, 6.45) is -0.188. The minimum atomic E-state index is -0.607. The molecular weight excluding hydrogens is 201 g/mol. The van der Waals surface area contributed by atoms with Gasteiger partial charge in [0.1, 0.15) is 5.82 Å². The summed E-state index contributed by atoms with van der Waals surface area (Å²) >= 11 is 0. The van der Waals surface area contributed by atoms with Crippen LogP contribution in [0.25, 0.3) is 0 Å². The maximum Gasteiger partial charge on any atom is 0.211 e. The van der Waals surface area contributed by atoms with Crippen LogP contribution in [-0.2, 0) is 14.3 Å². The molecule has 1 amide bonds. The third-order valence-corrected chi connectivity index (χ3v) is 1.91. The molecule has 4 nitrogen and oxygen atoms in total. The number of carbonyl (C=O) groups is 1. The predicted octanol–water partition coefficient (Wildman–Crippen LogP) is 1.69. The van der Waals surface area contributed by atoms with Gasteiger partial charge in [0, 0.05) is 19.8 Å². The highest BCUT2D eigenvalue weighted by molar-refractivity contribution is 5.71. The molecule has 1 aromatic rings. The third kappa shape index (κ3) is 2.74. The third-order valence-electron chi connectivity index (χ3n) is 1.91. The van der Waals surface area contributed by atoms with Crippen LogP contribution in [0.15, 0.2) is 18.2 Å². The molecule has 0 aliphatic rings. The van der Waals surface area contributed by atoms with E-state index in [9.17, 15) is 9.18 Å². The van der Waals surface area contributed by atoms with E-state index < -0.39 is 12.1 Å². The number of amides is 1. The van der Waals surface area contributed by atoms with Crippen molar-refractivity contribution in [2.45, 2.75) is 6.29 Å². The van der Waals surface area contributed by atoms with Crippen molar-refractivity contribution >= 4 is 12.1 Å². The Hall–Kier alpha value is -1.46. The molecule has 15 heavy (non-hydrogen) atoms. The molecule has 5 heteroatoms. The Morgan fingerprint density at radius 1 is 1.40 bits per heavy atom. The van der Waals surface area contributed by atoms with Crippen molar-refractivity contribution in [2.75, 3.05) is 19.5 Å². The summed E-state index contributed by atoms with van der Waals surface area (Å²) in [5.41, 5.74) is 0.675. The standard InChI is InChI=1S/C10H12FNO3/c1-14-10(15-2)7-3-4-9(12-6-13)8(11)5-7/h3-6,10H,1-2H3,(H,12,13). The average molecular weight is 213 g/mol. The quantitative estimate of drug-likeness (QED) is 0.598. The van der Waals surface area contributed by atoms with Crippen molar-refractivity contribution < 1.29 is 18.7 Å². The molecule has 0 saturated heterocycles. The lowest BCUT2D eigenvalue weighted by molar-refractivity contribution is -0.106. The van der Waals surface area contributed by atoms with Crippen molar-refractivity contribution in [2.24, 2.45) is 0 Å². The van der Waals surface area contributed by atoms with Gasteiger partial charge in [-0.25, -0.2) is 4.39 Å². The molecule has 0 unspecified atom stereocenters. The number of halogens is 1. The van der Waals surface area contributed by atoms with Gasteiger partial charge in [-0.15, -0.1) is 0 Å². The number of ether oxygens (including phenoxy) is 2. The summed E-state index contributed by atoms with van der Waals surface area (Å²) in [5, 5.41) is 2.24. The first-order valence-electron chi connectivity index (χ1n) is 4.28. The van der Waals surface area contributed by atoms with Gasteiger partial charge >= 0.3 is 0 Å². The highest BCUT2D eigenvalue weighted by Crippen LogP contribution is 2.22. The lowest BCUT2D eigenvalue weighted by atomic mass is 10.2.